The lowest BCUT2D eigenvalue weighted by Crippen LogP contribution is -2.66. The third-order valence-corrected chi connectivity index (χ3v) is 6.01. The summed E-state index contributed by atoms with van der Waals surface area (Å²) < 4.78 is 26.8. The van der Waals surface area contributed by atoms with Crippen LogP contribution in [0.15, 0.2) is 0 Å². The molecule has 3 fully saturated rings. The summed E-state index contributed by atoms with van der Waals surface area (Å²) in [6.45, 7) is -2.38. The van der Waals surface area contributed by atoms with Crippen LogP contribution in [0.5, 0.6) is 0 Å². The first-order valence-electron chi connectivity index (χ1n) is 10.5. The first-order chi connectivity index (χ1) is 15.6. The molecule has 3 rings (SSSR count). The van der Waals surface area contributed by atoms with E-state index in [1.165, 1.54) is 0 Å². The van der Waals surface area contributed by atoms with Crippen molar-refractivity contribution in [2.24, 2.45) is 0 Å². The number of hydrogen-bond donors (Lipinski definition) is 10. The molecule has 3 heterocycles. The summed E-state index contributed by atoms with van der Waals surface area (Å²) in [5, 5.41) is 99.7. The Morgan fingerprint density at radius 2 is 1.06 bits per heavy atom. The molecule has 14 atom stereocenters. The van der Waals surface area contributed by atoms with Gasteiger partial charge in [0.25, 0.3) is 0 Å². The molecule has 33 heavy (non-hydrogen) atoms. The molecule has 194 valence electrons. The van der Waals surface area contributed by atoms with E-state index in [4.69, 9.17) is 23.7 Å². The van der Waals surface area contributed by atoms with Gasteiger partial charge in [0.2, 0.25) is 0 Å². The second kappa shape index (κ2) is 11.4. The quantitative estimate of drug-likeness (QED) is 0.160. The molecule has 0 aromatic carbocycles. The molecular formula is C18H32O15. The Balaban J connectivity index is 1.77. The van der Waals surface area contributed by atoms with Crippen molar-refractivity contribution in [2.45, 2.75) is 85.8 Å². The van der Waals surface area contributed by atoms with Crippen molar-refractivity contribution in [2.75, 3.05) is 26.4 Å². The van der Waals surface area contributed by atoms with Crippen molar-refractivity contribution < 1.29 is 74.7 Å². The van der Waals surface area contributed by atoms with Gasteiger partial charge in [-0.25, -0.2) is 0 Å². The summed E-state index contributed by atoms with van der Waals surface area (Å²) in [6, 6.07) is 0. The SMILES string of the molecule is OC[C@H]1O[C@H](O[C@H]2[C@@H](O)[C@@H](CO)O[C@@H](O[C@H]3[C@H](O)[C@@H](O)CO[C@@H]3CO)[C@@H]2O)[C@H](O)[C@@H](O)[C@H]1O. The minimum atomic E-state index is -1.83. The molecule has 10 N–H and O–H groups in total. The van der Waals surface area contributed by atoms with Gasteiger partial charge in [0.05, 0.1) is 26.4 Å². The van der Waals surface area contributed by atoms with Crippen LogP contribution in [0, 0.1) is 0 Å². The third kappa shape index (κ3) is 5.48. The maximum atomic E-state index is 10.7. The summed E-state index contributed by atoms with van der Waals surface area (Å²) in [5.41, 5.74) is 0. The minimum Gasteiger partial charge on any atom is -0.394 e. The normalized spacial score (nSPS) is 51.5. The van der Waals surface area contributed by atoms with Crippen molar-refractivity contribution in [1.82, 2.24) is 0 Å². The Labute approximate surface area is 187 Å². The van der Waals surface area contributed by atoms with Crippen LogP contribution in [-0.2, 0) is 23.7 Å². The second-order valence-electron chi connectivity index (χ2n) is 8.22. The fraction of sp³-hybridized carbons (Fsp3) is 1.00. The van der Waals surface area contributed by atoms with Gasteiger partial charge in [-0.3, -0.25) is 0 Å². The average molecular weight is 488 g/mol. The summed E-state index contributed by atoms with van der Waals surface area (Å²) in [5.74, 6) is 0. The van der Waals surface area contributed by atoms with Crippen LogP contribution in [0.4, 0.5) is 0 Å². The first-order valence-corrected chi connectivity index (χ1v) is 10.5. The molecule has 0 aliphatic carbocycles. The maximum Gasteiger partial charge on any atom is 0.187 e. The van der Waals surface area contributed by atoms with Crippen LogP contribution in [0.3, 0.4) is 0 Å². The summed E-state index contributed by atoms with van der Waals surface area (Å²) in [4.78, 5) is 0. The van der Waals surface area contributed by atoms with Crippen LogP contribution >= 0.6 is 0 Å². The molecule has 3 aliphatic heterocycles. The van der Waals surface area contributed by atoms with Crippen LogP contribution < -0.4 is 0 Å². The molecule has 0 radical (unpaired) electrons. The molecule has 0 aromatic heterocycles. The monoisotopic (exact) mass is 488 g/mol. The third-order valence-electron chi connectivity index (χ3n) is 6.01. The van der Waals surface area contributed by atoms with Crippen LogP contribution in [0.2, 0.25) is 0 Å². The van der Waals surface area contributed by atoms with E-state index in [1.807, 2.05) is 0 Å². The van der Waals surface area contributed by atoms with E-state index in [1.54, 1.807) is 0 Å². The molecule has 0 aromatic rings. The predicted octanol–water partition coefficient (Wildman–Crippen LogP) is -6.89. The fourth-order valence-electron chi connectivity index (χ4n) is 4.00. The Morgan fingerprint density at radius 3 is 1.64 bits per heavy atom. The summed E-state index contributed by atoms with van der Waals surface area (Å²) >= 11 is 0. The molecule has 15 nitrogen and oxygen atoms in total. The number of rotatable bonds is 7. The highest BCUT2D eigenvalue weighted by molar-refractivity contribution is 4.95. The van der Waals surface area contributed by atoms with Gasteiger partial charge in [-0.05, 0) is 0 Å². The maximum absolute atomic E-state index is 10.7. The predicted molar refractivity (Wildman–Crippen MR) is 100 cm³/mol. The van der Waals surface area contributed by atoms with Gasteiger partial charge in [0.1, 0.15) is 73.2 Å². The zero-order valence-corrected chi connectivity index (χ0v) is 17.4. The zero-order valence-electron chi connectivity index (χ0n) is 17.4. The molecule has 3 aliphatic rings. The van der Waals surface area contributed by atoms with Crippen molar-refractivity contribution in [3.8, 4) is 0 Å². The molecule has 0 spiro atoms. The molecular weight excluding hydrogens is 456 g/mol. The average Bonchev–Trinajstić information content (AvgIpc) is 2.81. The molecule has 3 saturated heterocycles. The topological polar surface area (TPSA) is 248 Å². The standard InChI is InChI=1S/C18H32O15/c19-1-6-10(24)12(26)13(27)17(30-6)33-16-11(25)7(2-20)31-18(14(16)28)32-15-8(3-21)29-4-5(22)9(15)23/h5-28H,1-4H2/t5-,6+,7+,8+,9+,10-,11-,12-,13+,14+,15+,16-,17+,18-/m0/s1. The highest BCUT2D eigenvalue weighted by Gasteiger charge is 2.52. The van der Waals surface area contributed by atoms with E-state index < -0.39 is 106 Å². The number of aliphatic hydroxyl groups excluding tert-OH is 10. The number of hydrogen-bond acceptors (Lipinski definition) is 15. The minimum absolute atomic E-state index is 0.277. The first kappa shape index (κ1) is 27.0. The van der Waals surface area contributed by atoms with Crippen LogP contribution in [0.25, 0.3) is 0 Å². The Hall–Kier alpha value is -0.600. The van der Waals surface area contributed by atoms with E-state index in [0.717, 1.165) is 0 Å². The fourth-order valence-corrected chi connectivity index (χ4v) is 4.00. The van der Waals surface area contributed by atoms with Gasteiger partial charge in [-0.15, -0.1) is 0 Å². The lowest BCUT2D eigenvalue weighted by molar-refractivity contribution is -0.372. The van der Waals surface area contributed by atoms with E-state index in [-0.39, 0.29) is 6.61 Å². The van der Waals surface area contributed by atoms with Crippen molar-refractivity contribution in [1.29, 1.82) is 0 Å². The van der Waals surface area contributed by atoms with Gasteiger partial charge < -0.3 is 74.7 Å². The Bertz CT molecular complexity index is 607. The Morgan fingerprint density at radius 1 is 0.545 bits per heavy atom. The Kier molecular flexibility index (Phi) is 9.35. The summed E-state index contributed by atoms with van der Waals surface area (Å²) in [7, 11) is 0. The number of aliphatic hydroxyl groups is 10. The van der Waals surface area contributed by atoms with E-state index >= 15 is 0 Å². The largest absolute Gasteiger partial charge is 0.394 e. The molecule has 0 amide bonds. The van der Waals surface area contributed by atoms with Crippen molar-refractivity contribution in [3.63, 3.8) is 0 Å². The lowest BCUT2D eigenvalue weighted by atomic mass is 9.96. The highest BCUT2D eigenvalue weighted by Crippen LogP contribution is 2.31. The smallest absolute Gasteiger partial charge is 0.187 e. The van der Waals surface area contributed by atoms with Crippen LogP contribution in [-0.4, -0.2) is 163 Å². The van der Waals surface area contributed by atoms with E-state index in [2.05, 4.69) is 0 Å². The molecule has 0 unspecified atom stereocenters. The summed E-state index contributed by atoms with van der Waals surface area (Å²) in [6.07, 6.45) is -21.9. The second-order valence-corrected chi connectivity index (χ2v) is 8.22. The lowest BCUT2D eigenvalue weighted by Gasteiger charge is -2.47. The highest BCUT2D eigenvalue weighted by atomic mass is 16.7. The van der Waals surface area contributed by atoms with Gasteiger partial charge >= 0.3 is 0 Å². The van der Waals surface area contributed by atoms with Gasteiger partial charge in [-0.2, -0.15) is 0 Å². The molecule has 0 saturated carbocycles. The van der Waals surface area contributed by atoms with Crippen molar-refractivity contribution in [3.05, 3.63) is 0 Å². The van der Waals surface area contributed by atoms with Crippen LogP contribution in [0.1, 0.15) is 0 Å². The van der Waals surface area contributed by atoms with Gasteiger partial charge in [0.15, 0.2) is 12.6 Å². The van der Waals surface area contributed by atoms with E-state index in [0.29, 0.717) is 0 Å². The van der Waals surface area contributed by atoms with Gasteiger partial charge in [0, 0.05) is 0 Å². The zero-order chi connectivity index (χ0) is 24.4. The molecule has 0 bridgehead atoms. The van der Waals surface area contributed by atoms with Crippen molar-refractivity contribution >= 4 is 0 Å². The van der Waals surface area contributed by atoms with Gasteiger partial charge in [-0.1, -0.05) is 0 Å². The number of ether oxygens (including phenoxy) is 5. The van der Waals surface area contributed by atoms with E-state index in [9.17, 15) is 51.1 Å². The molecule has 15 heteroatoms.